The van der Waals surface area contributed by atoms with Gasteiger partial charge in [0, 0.05) is 24.0 Å². The quantitative estimate of drug-likeness (QED) is 0.413. The van der Waals surface area contributed by atoms with E-state index in [0.717, 1.165) is 35.0 Å². The Bertz CT molecular complexity index is 1540. The van der Waals surface area contributed by atoms with Gasteiger partial charge in [0.1, 0.15) is 16.5 Å². The van der Waals surface area contributed by atoms with Crippen LogP contribution in [0.2, 0.25) is 0 Å². The number of sulfone groups is 1. The second-order valence-electron chi connectivity index (χ2n) is 6.94. The van der Waals surface area contributed by atoms with Crippen LogP contribution in [0.4, 0.5) is 22.0 Å². The number of halogens is 5. The molecule has 0 saturated carbocycles. The minimum atomic E-state index is -4.68. The van der Waals surface area contributed by atoms with Gasteiger partial charge in [-0.15, -0.1) is 5.10 Å². The highest BCUT2D eigenvalue weighted by Gasteiger charge is 2.31. The van der Waals surface area contributed by atoms with E-state index in [0.29, 0.717) is 22.9 Å². The Kier molecular flexibility index (Phi) is 5.31. The first kappa shape index (κ1) is 22.6. The van der Waals surface area contributed by atoms with Crippen LogP contribution in [0, 0.1) is 11.6 Å². The maximum Gasteiger partial charge on any atom is 0.416 e. The molecule has 13 heteroatoms. The third-order valence-corrected chi connectivity index (χ3v) is 6.53. The zero-order chi connectivity index (χ0) is 24.1. The Balaban J connectivity index is 1.96. The van der Waals surface area contributed by atoms with Crippen molar-refractivity contribution < 1.29 is 30.4 Å². The lowest BCUT2D eigenvalue weighted by Gasteiger charge is -2.10. The van der Waals surface area contributed by atoms with E-state index in [9.17, 15) is 35.2 Å². The zero-order valence-electron chi connectivity index (χ0n) is 16.6. The molecule has 0 aliphatic carbocycles. The largest absolute Gasteiger partial charge is 0.416 e. The Morgan fingerprint density at radius 3 is 2.27 bits per heavy atom. The van der Waals surface area contributed by atoms with Crippen LogP contribution in [-0.4, -0.2) is 33.3 Å². The van der Waals surface area contributed by atoms with Crippen molar-refractivity contribution in [1.82, 2.24) is 19.2 Å². The highest BCUT2D eigenvalue weighted by molar-refractivity contribution is 7.91. The molecule has 0 bridgehead atoms. The number of aromatic nitrogens is 4. The summed E-state index contributed by atoms with van der Waals surface area (Å²) in [5.74, 6) is -2.67. The molecular weight excluding hydrogens is 471 g/mol. The van der Waals surface area contributed by atoms with Crippen LogP contribution in [-0.2, 0) is 16.0 Å². The van der Waals surface area contributed by atoms with Crippen molar-refractivity contribution in [3.63, 3.8) is 0 Å². The van der Waals surface area contributed by atoms with Crippen LogP contribution in [0.1, 0.15) is 12.5 Å². The Morgan fingerprint density at radius 2 is 1.67 bits per heavy atom. The molecule has 0 aliphatic rings. The Morgan fingerprint density at radius 1 is 1.00 bits per heavy atom. The summed E-state index contributed by atoms with van der Waals surface area (Å²) in [6.07, 6.45) is -2.74. The summed E-state index contributed by atoms with van der Waals surface area (Å²) in [7, 11) is -4.05. The van der Waals surface area contributed by atoms with Gasteiger partial charge in [-0.25, -0.2) is 31.4 Å². The minimum absolute atomic E-state index is 0.00345. The van der Waals surface area contributed by atoms with Gasteiger partial charge in [0.2, 0.25) is 0 Å². The standard InChI is InChI=1S/C20H13F5N4O3S/c1-2-33(31,32)16-7-12(11-5-14(21)9-15(22)6-11)10-26-18(16)29-19(30)28-4-3-13(20(23,24)25)8-17(28)27-29/h3-10H,2H2,1H3. The number of nitrogens with zero attached hydrogens (tertiary/aromatic N) is 4. The van der Waals surface area contributed by atoms with Gasteiger partial charge in [0.25, 0.3) is 0 Å². The molecule has 0 aliphatic heterocycles. The summed E-state index contributed by atoms with van der Waals surface area (Å²) in [5, 5.41) is 3.82. The monoisotopic (exact) mass is 484 g/mol. The molecule has 0 amide bonds. The van der Waals surface area contributed by atoms with Crippen molar-refractivity contribution in [2.24, 2.45) is 0 Å². The van der Waals surface area contributed by atoms with Crippen LogP contribution < -0.4 is 5.69 Å². The predicted molar refractivity (Wildman–Crippen MR) is 107 cm³/mol. The number of pyridine rings is 2. The molecule has 3 heterocycles. The number of fused-ring (bicyclic) bond motifs is 1. The maximum atomic E-state index is 13.6. The van der Waals surface area contributed by atoms with Gasteiger partial charge in [-0.05, 0) is 35.9 Å². The molecule has 1 aromatic carbocycles. The number of rotatable bonds is 4. The van der Waals surface area contributed by atoms with Gasteiger partial charge in [-0.2, -0.15) is 17.9 Å². The fourth-order valence-corrected chi connectivity index (χ4v) is 4.18. The molecule has 4 aromatic rings. The van der Waals surface area contributed by atoms with Gasteiger partial charge >= 0.3 is 11.9 Å². The topological polar surface area (TPSA) is 86.3 Å². The van der Waals surface area contributed by atoms with E-state index in [2.05, 4.69) is 10.1 Å². The van der Waals surface area contributed by atoms with Crippen molar-refractivity contribution in [3.05, 3.63) is 76.5 Å². The summed E-state index contributed by atoms with van der Waals surface area (Å²) >= 11 is 0. The van der Waals surface area contributed by atoms with E-state index in [-0.39, 0.29) is 16.8 Å². The molecule has 4 rings (SSSR count). The zero-order valence-corrected chi connectivity index (χ0v) is 17.5. The van der Waals surface area contributed by atoms with Gasteiger partial charge in [-0.3, -0.25) is 0 Å². The van der Waals surface area contributed by atoms with Crippen LogP contribution >= 0.6 is 0 Å². The van der Waals surface area contributed by atoms with Gasteiger partial charge in [0.15, 0.2) is 21.3 Å². The third-order valence-electron chi connectivity index (χ3n) is 4.80. The predicted octanol–water partition coefficient (Wildman–Crippen LogP) is 3.64. The Labute approximate surface area is 182 Å². The van der Waals surface area contributed by atoms with Crippen molar-refractivity contribution in [1.29, 1.82) is 0 Å². The summed E-state index contributed by atoms with van der Waals surface area (Å²) in [4.78, 5) is 16.2. The highest BCUT2D eigenvalue weighted by Crippen LogP contribution is 2.30. The number of hydrogen-bond donors (Lipinski definition) is 0. The first-order valence-corrected chi connectivity index (χ1v) is 10.9. The lowest BCUT2D eigenvalue weighted by atomic mass is 10.1. The summed E-state index contributed by atoms with van der Waals surface area (Å²) < 4.78 is 93.1. The molecule has 3 aromatic heterocycles. The van der Waals surface area contributed by atoms with E-state index in [1.165, 1.54) is 6.92 Å². The summed E-state index contributed by atoms with van der Waals surface area (Å²) in [5.41, 5.74) is -2.35. The second kappa shape index (κ2) is 7.76. The third kappa shape index (κ3) is 4.11. The SMILES string of the molecule is CCS(=O)(=O)c1cc(-c2cc(F)cc(F)c2)cnc1-n1nc2cc(C(F)(F)F)ccn2c1=O. The molecule has 33 heavy (non-hydrogen) atoms. The fraction of sp³-hybridized carbons (Fsp3) is 0.150. The average Bonchev–Trinajstić information content (AvgIpc) is 3.08. The van der Waals surface area contributed by atoms with E-state index in [1.807, 2.05) is 0 Å². The molecule has 0 atom stereocenters. The second-order valence-corrected chi connectivity index (χ2v) is 9.19. The van der Waals surface area contributed by atoms with Crippen molar-refractivity contribution in [2.75, 3.05) is 5.75 Å². The first-order chi connectivity index (χ1) is 15.4. The summed E-state index contributed by atoms with van der Waals surface area (Å²) in [6, 6.07) is 4.97. The van der Waals surface area contributed by atoms with Gasteiger partial charge in [-0.1, -0.05) is 6.92 Å². The van der Waals surface area contributed by atoms with Crippen molar-refractivity contribution in [3.8, 4) is 16.9 Å². The molecule has 172 valence electrons. The van der Waals surface area contributed by atoms with E-state index in [1.54, 1.807) is 0 Å². The van der Waals surface area contributed by atoms with E-state index >= 15 is 0 Å². The van der Waals surface area contributed by atoms with Crippen LogP contribution in [0.15, 0.2) is 58.5 Å². The number of hydrogen-bond acceptors (Lipinski definition) is 5. The van der Waals surface area contributed by atoms with Crippen molar-refractivity contribution in [2.45, 2.75) is 18.0 Å². The molecule has 0 spiro atoms. The summed E-state index contributed by atoms with van der Waals surface area (Å²) in [6.45, 7) is 1.33. The highest BCUT2D eigenvalue weighted by atomic mass is 32.2. The molecule has 0 fully saturated rings. The fourth-order valence-electron chi connectivity index (χ4n) is 3.15. The van der Waals surface area contributed by atoms with Gasteiger partial charge in [0.05, 0.1) is 11.3 Å². The molecule has 0 saturated heterocycles. The lowest BCUT2D eigenvalue weighted by molar-refractivity contribution is -0.137. The van der Waals surface area contributed by atoms with Crippen LogP contribution in [0.3, 0.4) is 0 Å². The lowest BCUT2D eigenvalue weighted by Crippen LogP contribution is -2.23. The van der Waals surface area contributed by atoms with Crippen LogP contribution in [0.5, 0.6) is 0 Å². The number of alkyl halides is 3. The number of benzene rings is 1. The van der Waals surface area contributed by atoms with Crippen LogP contribution in [0.25, 0.3) is 22.6 Å². The molecule has 7 nitrogen and oxygen atoms in total. The molecule has 0 unspecified atom stereocenters. The van der Waals surface area contributed by atoms with E-state index in [4.69, 9.17) is 0 Å². The maximum absolute atomic E-state index is 13.6. The van der Waals surface area contributed by atoms with Gasteiger partial charge < -0.3 is 0 Å². The van der Waals surface area contributed by atoms with E-state index < -0.39 is 55.4 Å². The Hall–Kier alpha value is -3.61. The molecular formula is C20H13F5N4O3S. The van der Waals surface area contributed by atoms with Crippen molar-refractivity contribution >= 4 is 15.5 Å². The molecule has 0 N–H and O–H groups in total. The first-order valence-electron chi connectivity index (χ1n) is 9.29. The molecule has 0 radical (unpaired) electrons. The normalized spacial score (nSPS) is 12.4. The average molecular weight is 484 g/mol. The smallest absolute Gasteiger partial charge is 0.250 e. The minimum Gasteiger partial charge on any atom is -0.250 e.